The number of nitrogens with two attached hydrogens (primary N) is 1. The van der Waals surface area contributed by atoms with Crippen LogP contribution < -0.4 is 10.5 Å². The Morgan fingerprint density at radius 2 is 2.05 bits per heavy atom. The highest BCUT2D eigenvalue weighted by molar-refractivity contribution is 9.10. The van der Waals surface area contributed by atoms with Crippen LogP contribution in [0.3, 0.4) is 0 Å². The quantitative estimate of drug-likeness (QED) is 0.754. The van der Waals surface area contributed by atoms with E-state index in [4.69, 9.17) is 5.73 Å². The van der Waals surface area contributed by atoms with Gasteiger partial charge in [-0.3, -0.25) is 0 Å². The first kappa shape index (κ1) is 15.7. The summed E-state index contributed by atoms with van der Waals surface area (Å²) in [6.07, 6.45) is 0.990. The zero-order valence-electron chi connectivity index (χ0n) is 10.5. The molecule has 1 aromatic carbocycles. The van der Waals surface area contributed by atoms with E-state index in [2.05, 4.69) is 20.7 Å². The van der Waals surface area contributed by atoms with Gasteiger partial charge in [0.05, 0.1) is 16.4 Å². The Labute approximate surface area is 126 Å². The molecule has 3 N–H and O–H groups in total. The summed E-state index contributed by atoms with van der Waals surface area (Å²) in [7, 11) is -6.94. The van der Waals surface area contributed by atoms with Gasteiger partial charge in [-0.15, -0.1) is 0 Å². The first-order chi connectivity index (χ1) is 9.20. The van der Waals surface area contributed by atoms with Gasteiger partial charge in [0.2, 0.25) is 10.0 Å². The molecule has 0 aliphatic carbocycles. The van der Waals surface area contributed by atoms with E-state index < -0.39 is 25.9 Å². The highest BCUT2D eigenvalue weighted by atomic mass is 79.9. The molecule has 1 aliphatic rings. The smallest absolute Gasteiger partial charge is 0.241 e. The van der Waals surface area contributed by atoms with Gasteiger partial charge in [0, 0.05) is 16.2 Å². The van der Waals surface area contributed by atoms with Gasteiger partial charge in [-0.1, -0.05) is 0 Å². The van der Waals surface area contributed by atoms with E-state index in [0.29, 0.717) is 23.0 Å². The molecule has 0 spiro atoms. The normalized spacial score (nSPS) is 22.6. The van der Waals surface area contributed by atoms with Crippen molar-refractivity contribution in [2.75, 3.05) is 17.2 Å². The van der Waals surface area contributed by atoms with Crippen molar-refractivity contribution < 1.29 is 16.8 Å². The van der Waals surface area contributed by atoms with Gasteiger partial charge >= 0.3 is 0 Å². The van der Waals surface area contributed by atoms with E-state index in [9.17, 15) is 16.8 Å². The van der Waals surface area contributed by atoms with Crippen LogP contribution in [-0.2, 0) is 19.9 Å². The first-order valence-corrected chi connectivity index (χ1v) is 10.1. The molecule has 0 bridgehead atoms. The number of hydrogen-bond acceptors (Lipinski definition) is 5. The van der Waals surface area contributed by atoms with E-state index in [-0.39, 0.29) is 16.4 Å². The van der Waals surface area contributed by atoms with E-state index in [1.54, 1.807) is 0 Å². The Bertz CT molecular complexity index is 716. The Balaban J connectivity index is 2.23. The average Bonchev–Trinajstić information content (AvgIpc) is 2.25. The molecule has 1 unspecified atom stereocenters. The second kappa shape index (κ2) is 5.63. The minimum Gasteiger partial charge on any atom is -0.399 e. The predicted octanol–water partition coefficient (Wildman–Crippen LogP) is 0.887. The van der Waals surface area contributed by atoms with Crippen molar-refractivity contribution in [1.82, 2.24) is 4.72 Å². The van der Waals surface area contributed by atoms with Gasteiger partial charge in [-0.2, -0.15) is 0 Å². The monoisotopic (exact) mass is 382 g/mol. The molecular weight excluding hydrogens is 368 g/mol. The Hall–Kier alpha value is -0.640. The molecule has 1 fully saturated rings. The molecule has 0 saturated carbocycles. The van der Waals surface area contributed by atoms with Crippen LogP contribution >= 0.6 is 15.9 Å². The molecular formula is C11H15BrN2O4S2. The van der Waals surface area contributed by atoms with Crippen LogP contribution in [0.5, 0.6) is 0 Å². The Morgan fingerprint density at radius 3 is 2.65 bits per heavy atom. The van der Waals surface area contributed by atoms with Gasteiger partial charge in [0.15, 0.2) is 9.84 Å². The van der Waals surface area contributed by atoms with Gasteiger partial charge in [0.25, 0.3) is 0 Å². The van der Waals surface area contributed by atoms with Crippen LogP contribution in [0.2, 0.25) is 0 Å². The second-order valence-electron chi connectivity index (χ2n) is 4.76. The van der Waals surface area contributed by atoms with Crippen molar-refractivity contribution in [2.24, 2.45) is 0 Å². The lowest BCUT2D eigenvalue weighted by Crippen LogP contribution is -2.43. The van der Waals surface area contributed by atoms with Crippen molar-refractivity contribution in [2.45, 2.75) is 23.8 Å². The maximum atomic E-state index is 12.3. The molecule has 2 rings (SSSR count). The van der Waals surface area contributed by atoms with Crippen LogP contribution in [0.1, 0.15) is 12.8 Å². The Morgan fingerprint density at radius 1 is 1.35 bits per heavy atom. The van der Waals surface area contributed by atoms with Crippen LogP contribution in [0.15, 0.2) is 27.6 Å². The summed E-state index contributed by atoms with van der Waals surface area (Å²) in [6, 6.07) is 3.78. The number of nitrogens with one attached hydrogen (secondary N) is 1. The lowest BCUT2D eigenvalue weighted by molar-refractivity contribution is 0.517. The molecule has 112 valence electrons. The molecule has 0 amide bonds. The van der Waals surface area contributed by atoms with Gasteiger partial charge in [0.1, 0.15) is 0 Å². The third-order valence-corrected chi connectivity index (χ3v) is 7.35. The number of sulfone groups is 1. The van der Waals surface area contributed by atoms with Crippen molar-refractivity contribution in [1.29, 1.82) is 0 Å². The van der Waals surface area contributed by atoms with Crippen molar-refractivity contribution >= 4 is 41.5 Å². The third-order valence-electron chi connectivity index (χ3n) is 3.03. The third kappa shape index (κ3) is 3.72. The second-order valence-corrected chi connectivity index (χ2v) is 9.53. The topological polar surface area (TPSA) is 106 Å². The summed E-state index contributed by atoms with van der Waals surface area (Å²) in [4.78, 5) is 0.0506. The molecule has 20 heavy (non-hydrogen) atoms. The summed E-state index contributed by atoms with van der Waals surface area (Å²) < 4.78 is 50.4. The van der Waals surface area contributed by atoms with Gasteiger partial charge in [-0.25, -0.2) is 21.6 Å². The SMILES string of the molecule is Nc1ccc(S(=O)(=O)NC2CCCS(=O)(=O)C2)c(Br)c1. The van der Waals surface area contributed by atoms with Crippen LogP contribution in [0.25, 0.3) is 0 Å². The van der Waals surface area contributed by atoms with Crippen LogP contribution in [0.4, 0.5) is 5.69 Å². The van der Waals surface area contributed by atoms with E-state index in [0.717, 1.165) is 0 Å². The van der Waals surface area contributed by atoms with Crippen molar-refractivity contribution in [3.05, 3.63) is 22.7 Å². The number of rotatable bonds is 3. The largest absolute Gasteiger partial charge is 0.399 e. The van der Waals surface area contributed by atoms with E-state index in [1.807, 2.05) is 0 Å². The molecule has 9 heteroatoms. The molecule has 1 aromatic rings. The molecule has 1 aliphatic heterocycles. The first-order valence-electron chi connectivity index (χ1n) is 5.97. The van der Waals surface area contributed by atoms with E-state index in [1.165, 1.54) is 18.2 Å². The van der Waals surface area contributed by atoms with Crippen LogP contribution in [-0.4, -0.2) is 34.4 Å². The zero-order valence-corrected chi connectivity index (χ0v) is 13.8. The average molecular weight is 383 g/mol. The van der Waals surface area contributed by atoms with E-state index >= 15 is 0 Å². The molecule has 1 heterocycles. The Kier molecular flexibility index (Phi) is 4.43. The molecule has 0 aromatic heterocycles. The summed E-state index contributed by atoms with van der Waals surface area (Å²) in [5.41, 5.74) is 6.01. The number of sulfonamides is 1. The molecule has 6 nitrogen and oxygen atoms in total. The minimum atomic E-state index is -3.77. The maximum absolute atomic E-state index is 12.3. The summed E-state index contributed by atoms with van der Waals surface area (Å²) in [5, 5.41) is 0. The molecule has 1 saturated heterocycles. The zero-order chi connectivity index (χ0) is 15.0. The van der Waals surface area contributed by atoms with Crippen molar-refractivity contribution in [3.8, 4) is 0 Å². The van der Waals surface area contributed by atoms with Crippen LogP contribution in [0, 0.1) is 0 Å². The minimum absolute atomic E-state index is 0.0506. The highest BCUT2D eigenvalue weighted by Crippen LogP contribution is 2.25. The number of anilines is 1. The highest BCUT2D eigenvalue weighted by Gasteiger charge is 2.29. The summed E-state index contributed by atoms with van der Waals surface area (Å²) in [6.45, 7) is 0. The lowest BCUT2D eigenvalue weighted by atomic mass is 10.2. The standard InChI is InChI=1S/C11H15BrN2O4S2/c12-10-6-8(13)3-4-11(10)20(17,18)14-9-2-1-5-19(15,16)7-9/h3-4,6,9,14H,1-2,5,7,13H2. The number of halogens is 1. The maximum Gasteiger partial charge on any atom is 0.241 e. The molecule has 0 radical (unpaired) electrons. The van der Waals surface area contributed by atoms with Crippen molar-refractivity contribution in [3.63, 3.8) is 0 Å². The number of nitrogen functional groups attached to an aromatic ring is 1. The molecule has 1 atom stereocenters. The fourth-order valence-corrected chi connectivity index (χ4v) is 6.24. The number of hydrogen-bond donors (Lipinski definition) is 2. The predicted molar refractivity (Wildman–Crippen MR) is 80.6 cm³/mol. The summed E-state index contributed by atoms with van der Waals surface area (Å²) >= 11 is 3.15. The van der Waals surface area contributed by atoms with Gasteiger partial charge in [-0.05, 0) is 47.0 Å². The fourth-order valence-electron chi connectivity index (χ4n) is 2.13. The summed E-state index contributed by atoms with van der Waals surface area (Å²) in [5.74, 6) is -0.0321. The lowest BCUT2D eigenvalue weighted by Gasteiger charge is -2.23. The fraction of sp³-hybridized carbons (Fsp3) is 0.455. The van der Waals surface area contributed by atoms with Gasteiger partial charge < -0.3 is 5.73 Å². The number of benzene rings is 1.